The summed E-state index contributed by atoms with van der Waals surface area (Å²) in [5.41, 5.74) is 11.4. The Hall–Kier alpha value is -8.18. The van der Waals surface area contributed by atoms with Crippen LogP contribution in [0.15, 0.2) is 245 Å². The second-order valence-corrected chi connectivity index (χ2v) is 20.5. The van der Waals surface area contributed by atoms with Crippen molar-refractivity contribution in [3.63, 3.8) is 0 Å². The molecule has 3 heterocycles. The zero-order valence-corrected chi connectivity index (χ0v) is 35.8. The Balaban J connectivity index is 1.27. The van der Waals surface area contributed by atoms with Crippen molar-refractivity contribution in [1.82, 2.24) is 4.57 Å². The zero-order valence-electron chi connectivity index (χ0n) is 34.8. The van der Waals surface area contributed by atoms with E-state index in [9.17, 15) is 0 Å². The molecule has 0 aliphatic carbocycles. The van der Waals surface area contributed by atoms with E-state index in [-0.39, 0.29) is 0 Å². The molecule has 0 spiro atoms. The average Bonchev–Trinajstić information content (AvgIpc) is 4.05. The lowest BCUT2D eigenvalue weighted by Gasteiger charge is -2.37. The maximum Gasteiger partial charge on any atom is 0.180 e. The van der Waals surface area contributed by atoms with Crippen molar-refractivity contribution in [2.75, 3.05) is 0 Å². The van der Waals surface area contributed by atoms with Crippen LogP contribution in [0.1, 0.15) is 0 Å². The van der Waals surface area contributed by atoms with Gasteiger partial charge in [-0.05, 0) is 62.2 Å². The van der Waals surface area contributed by atoms with Crippen LogP contribution in [-0.2, 0) is 0 Å². The van der Waals surface area contributed by atoms with Gasteiger partial charge in [0.2, 0.25) is 0 Å². The third kappa shape index (κ3) is 5.33. The highest BCUT2D eigenvalue weighted by atomic mass is 28.3. The summed E-state index contributed by atoms with van der Waals surface area (Å²) in [5.74, 6) is 0. The third-order valence-electron chi connectivity index (χ3n) is 13.4. The zero-order chi connectivity index (χ0) is 42.2. The lowest BCUT2D eigenvalue weighted by atomic mass is 9.95. The summed E-state index contributed by atoms with van der Waals surface area (Å²) in [6, 6.07) is 86.4. The van der Waals surface area contributed by atoms with Crippen molar-refractivity contribution in [3.05, 3.63) is 237 Å². The number of furan rings is 2. The normalized spacial score (nSPS) is 12.1. The Bertz CT molecular complexity index is 3850. The summed E-state index contributed by atoms with van der Waals surface area (Å²) in [4.78, 5) is 0. The van der Waals surface area contributed by atoms with Crippen molar-refractivity contribution >= 4 is 94.5 Å². The molecule has 4 heteroatoms. The van der Waals surface area contributed by atoms with Crippen LogP contribution in [0.2, 0.25) is 0 Å². The van der Waals surface area contributed by atoms with Crippen LogP contribution >= 0.6 is 0 Å². The van der Waals surface area contributed by atoms with Crippen molar-refractivity contribution in [1.29, 1.82) is 0 Å². The molecule has 0 saturated heterocycles. The van der Waals surface area contributed by atoms with Gasteiger partial charge in [0.05, 0.1) is 16.7 Å². The van der Waals surface area contributed by atoms with Gasteiger partial charge in [0.15, 0.2) is 13.7 Å². The smallest absolute Gasteiger partial charge is 0.180 e. The molecule has 0 N–H and O–H groups in total. The number of hydrogen-bond donors (Lipinski definition) is 0. The predicted molar refractivity (Wildman–Crippen MR) is 270 cm³/mol. The molecular formula is C60H39NO2Si. The molecule has 13 rings (SSSR count). The van der Waals surface area contributed by atoms with Crippen LogP contribution in [0.3, 0.4) is 0 Å². The van der Waals surface area contributed by atoms with Crippen molar-refractivity contribution in [3.8, 4) is 27.9 Å². The Morgan fingerprint density at radius 1 is 0.344 bits per heavy atom. The van der Waals surface area contributed by atoms with E-state index in [0.29, 0.717) is 0 Å². The van der Waals surface area contributed by atoms with Gasteiger partial charge in [-0.25, -0.2) is 0 Å². The molecule has 13 aromatic rings. The fourth-order valence-electron chi connectivity index (χ4n) is 10.6. The topological polar surface area (TPSA) is 31.2 Å². The first kappa shape index (κ1) is 36.5. The molecule has 0 aliphatic rings. The number of aromatic nitrogens is 1. The minimum absolute atomic E-state index is 0.877. The molecule has 0 aliphatic heterocycles. The molecule has 0 amide bonds. The quantitative estimate of drug-likeness (QED) is 0.118. The van der Waals surface area contributed by atoms with Crippen LogP contribution in [0.4, 0.5) is 0 Å². The fourth-order valence-corrected chi connectivity index (χ4v) is 15.6. The van der Waals surface area contributed by atoms with Crippen LogP contribution < -0.4 is 20.7 Å². The first-order valence-corrected chi connectivity index (χ1v) is 23.9. The van der Waals surface area contributed by atoms with E-state index < -0.39 is 8.07 Å². The highest BCUT2D eigenvalue weighted by molar-refractivity contribution is 7.20. The number of hydrogen-bond acceptors (Lipinski definition) is 2. The fraction of sp³-hybridized carbons (Fsp3) is 0. The third-order valence-corrected chi connectivity index (χ3v) is 18.2. The molecule has 0 unspecified atom stereocenters. The van der Waals surface area contributed by atoms with Gasteiger partial charge in [-0.15, -0.1) is 0 Å². The molecule has 64 heavy (non-hydrogen) atoms. The molecule has 3 aromatic heterocycles. The van der Waals surface area contributed by atoms with Gasteiger partial charge in [0.1, 0.15) is 16.7 Å². The van der Waals surface area contributed by atoms with Gasteiger partial charge in [-0.1, -0.05) is 206 Å². The summed E-state index contributed by atoms with van der Waals surface area (Å²) in [6.45, 7) is 0. The molecule has 10 aromatic carbocycles. The molecule has 0 radical (unpaired) electrons. The Labute approximate surface area is 370 Å². The lowest BCUT2D eigenvalue weighted by Crippen LogP contribution is -2.75. The first-order valence-electron chi connectivity index (χ1n) is 21.9. The van der Waals surface area contributed by atoms with Crippen molar-refractivity contribution < 1.29 is 8.83 Å². The Kier molecular flexibility index (Phi) is 8.23. The van der Waals surface area contributed by atoms with E-state index in [2.05, 4.69) is 235 Å². The average molecular weight is 834 g/mol. The van der Waals surface area contributed by atoms with Crippen molar-refractivity contribution in [2.45, 2.75) is 0 Å². The molecule has 0 bridgehead atoms. The van der Waals surface area contributed by atoms with E-state index in [4.69, 9.17) is 8.83 Å². The maximum atomic E-state index is 7.00. The summed E-state index contributed by atoms with van der Waals surface area (Å²) in [7, 11) is -3.27. The van der Waals surface area contributed by atoms with Gasteiger partial charge in [0, 0.05) is 43.4 Å². The van der Waals surface area contributed by atoms with Crippen LogP contribution in [0.25, 0.3) is 93.6 Å². The van der Waals surface area contributed by atoms with E-state index in [1.54, 1.807) is 0 Å². The molecule has 0 saturated carbocycles. The Morgan fingerprint density at radius 2 is 0.859 bits per heavy atom. The van der Waals surface area contributed by atoms with Gasteiger partial charge < -0.3 is 13.4 Å². The molecule has 300 valence electrons. The number of benzene rings is 10. The first-order chi connectivity index (χ1) is 31.8. The largest absolute Gasteiger partial charge is 0.456 e. The van der Waals surface area contributed by atoms with E-state index in [1.807, 2.05) is 6.07 Å². The number of rotatable bonds is 7. The molecule has 3 nitrogen and oxygen atoms in total. The highest BCUT2D eigenvalue weighted by Gasteiger charge is 2.45. The lowest BCUT2D eigenvalue weighted by molar-refractivity contribution is 0.669. The van der Waals surface area contributed by atoms with Gasteiger partial charge in [-0.3, -0.25) is 0 Å². The number of para-hydroxylation sites is 3. The molecule has 0 atom stereocenters. The monoisotopic (exact) mass is 833 g/mol. The van der Waals surface area contributed by atoms with Gasteiger partial charge in [-0.2, -0.15) is 0 Å². The van der Waals surface area contributed by atoms with E-state index in [1.165, 1.54) is 31.7 Å². The molecule has 0 fully saturated rings. The summed E-state index contributed by atoms with van der Waals surface area (Å²) >= 11 is 0. The number of nitrogens with zero attached hydrogens (tertiary/aromatic N) is 1. The summed E-state index contributed by atoms with van der Waals surface area (Å²) in [5, 5.41) is 11.9. The Morgan fingerprint density at radius 3 is 1.55 bits per heavy atom. The second-order valence-electron chi connectivity index (χ2n) is 16.7. The van der Waals surface area contributed by atoms with Gasteiger partial charge >= 0.3 is 0 Å². The number of fused-ring (bicyclic) bond motifs is 10. The minimum atomic E-state index is -3.27. The van der Waals surface area contributed by atoms with Crippen LogP contribution in [0, 0.1) is 0 Å². The summed E-state index contributed by atoms with van der Waals surface area (Å²) < 4.78 is 16.3. The predicted octanol–water partition coefficient (Wildman–Crippen LogP) is 13.3. The van der Waals surface area contributed by atoms with E-state index in [0.717, 1.165) is 82.7 Å². The standard InChI is InChI=1S/C60H39NO2Si/c1-5-19-40(20-6-1)45-37-38-56(64(42-23-9-3-10-24-42,43-25-11-4-12-26-43)44-33-34-49-47-28-14-17-31-53(47)62-55(49)39-44)57(41-21-7-2-8-22-41)58(45)61-52-30-16-13-27-46(52)50-35-36-51-48-29-15-18-32-54(48)63-60(51)59(50)61/h1-39H. The highest BCUT2D eigenvalue weighted by Crippen LogP contribution is 2.45. The SMILES string of the molecule is c1ccc(-c2ccc([Si](c3ccccc3)(c3ccccc3)c3ccc4c(c3)oc3ccccc34)c(-c3ccccc3)c2-n2c3ccccc3c3ccc4c5ccccc5oc4c32)cc1. The minimum Gasteiger partial charge on any atom is -0.456 e. The van der Waals surface area contributed by atoms with E-state index >= 15 is 0 Å². The van der Waals surface area contributed by atoms with Crippen LogP contribution in [-0.4, -0.2) is 12.6 Å². The van der Waals surface area contributed by atoms with Crippen LogP contribution in [0.5, 0.6) is 0 Å². The maximum absolute atomic E-state index is 7.00. The second kappa shape index (κ2) is 14.5. The van der Waals surface area contributed by atoms with Gasteiger partial charge in [0.25, 0.3) is 0 Å². The molecular weight excluding hydrogens is 795 g/mol. The summed E-state index contributed by atoms with van der Waals surface area (Å²) in [6.07, 6.45) is 0. The van der Waals surface area contributed by atoms with Crippen molar-refractivity contribution in [2.24, 2.45) is 0 Å².